The van der Waals surface area contributed by atoms with E-state index in [-0.39, 0.29) is 11.5 Å². The minimum atomic E-state index is -0.0187. The fourth-order valence-electron chi connectivity index (χ4n) is 4.03. The lowest BCUT2D eigenvalue weighted by Crippen LogP contribution is -3.11. The van der Waals surface area contributed by atoms with Gasteiger partial charge in [-0.05, 0) is 61.7 Å². The van der Waals surface area contributed by atoms with Crippen LogP contribution >= 0.6 is 23.4 Å². The monoisotopic (exact) mass is 487 g/mol. The minimum Gasteiger partial charge on any atom is -0.493 e. The van der Waals surface area contributed by atoms with Crippen molar-refractivity contribution >= 4 is 29.1 Å². The molecule has 0 atom stereocenters. The van der Waals surface area contributed by atoms with Crippen LogP contribution in [0, 0.1) is 0 Å². The highest BCUT2D eigenvalue weighted by Crippen LogP contribution is 2.29. The molecule has 0 radical (unpaired) electrons. The Morgan fingerprint density at radius 3 is 2.45 bits per heavy atom. The standard InChI is InChI=1S/C24H27ClN4O3S/c1-31-21-11-6-17(14-22(21)32-2)20(30)16-33-24-27-26-23(15-28-12-4-3-5-13-28)29(24)19-9-7-18(25)8-10-19/h6-11,14H,3-5,12-13,15-16H2,1-2H3/p+1. The van der Waals surface area contributed by atoms with Crippen LogP contribution < -0.4 is 14.4 Å². The van der Waals surface area contributed by atoms with Gasteiger partial charge in [-0.15, -0.1) is 10.2 Å². The van der Waals surface area contributed by atoms with Gasteiger partial charge in [-0.25, -0.2) is 0 Å². The zero-order valence-corrected chi connectivity index (χ0v) is 20.4. The normalized spacial score (nSPS) is 14.3. The molecule has 1 aliphatic heterocycles. The first-order valence-electron chi connectivity index (χ1n) is 11.0. The quantitative estimate of drug-likeness (QED) is 0.368. The summed E-state index contributed by atoms with van der Waals surface area (Å²) in [6, 6.07) is 12.8. The summed E-state index contributed by atoms with van der Waals surface area (Å²) in [6.45, 7) is 3.10. The first kappa shape index (κ1) is 23.6. The summed E-state index contributed by atoms with van der Waals surface area (Å²) < 4.78 is 12.6. The third kappa shape index (κ3) is 5.69. The topological polar surface area (TPSA) is 70.7 Å². The molecule has 3 aromatic rings. The predicted molar refractivity (Wildman–Crippen MR) is 129 cm³/mol. The number of methoxy groups -OCH3 is 2. The molecule has 33 heavy (non-hydrogen) atoms. The number of Topliss-reactive ketones (excluding diaryl/α,β-unsaturated/α-hetero) is 1. The number of nitrogens with zero attached hydrogens (tertiary/aromatic N) is 3. The highest BCUT2D eigenvalue weighted by atomic mass is 35.5. The molecule has 1 aromatic heterocycles. The lowest BCUT2D eigenvalue weighted by Gasteiger charge is -2.23. The average molecular weight is 488 g/mol. The zero-order chi connectivity index (χ0) is 23.2. The zero-order valence-electron chi connectivity index (χ0n) is 18.8. The van der Waals surface area contributed by atoms with Crippen LogP contribution in [-0.4, -0.2) is 53.6 Å². The Morgan fingerprint density at radius 2 is 1.76 bits per heavy atom. The van der Waals surface area contributed by atoms with E-state index < -0.39 is 0 Å². The number of benzene rings is 2. The number of likely N-dealkylation sites (tertiary alicyclic amines) is 1. The van der Waals surface area contributed by atoms with E-state index in [4.69, 9.17) is 21.1 Å². The number of rotatable bonds is 9. The highest BCUT2D eigenvalue weighted by Gasteiger charge is 2.22. The Kier molecular flexibility index (Phi) is 7.90. The molecule has 1 saturated heterocycles. The fraction of sp³-hybridized carbons (Fsp3) is 0.375. The highest BCUT2D eigenvalue weighted by molar-refractivity contribution is 7.99. The number of ether oxygens (including phenoxy) is 2. The second kappa shape index (κ2) is 11.0. The van der Waals surface area contributed by atoms with Crippen LogP contribution in [0.4, 0.5) is 0 Å². The molecule has 2 heterocycles. The van der Waals surface area contributed by atoms with Gasteiger partial charge in [0, 0.05) is 16.3 Å². The largest absolute Gasteiger partial charge is 0.493 e. The van der Waals surface area contributed by atoms with Crippen LogP contribution in [0.2, 0.25) is 5.02 Å². The predicted octanol–water partition coefficient (Wildman–Crippen LogP) is 3.48. The van der Waals surface area contributed by atoms with E-state index in [0.29, 0.717) is 27.2 Å². The van der Waals surface area contributed by atoms with Crippen LogP contribution in [0.15, 0.2) is 47.6 Å². The van der Waals surface area contributed by atoms with Gasteiger partial charge in [0.05, 0.1) is 33.1 Å². The van der Waals surface area contributed by atoms with Gasteiger partial charge in [0.25, 0.3) is 0 Å². The summed E-state index contributed by atoms with van der Waals surface area (Å²) in [5, 5.41) is 10.3. The van der Waals surface area contributed by atoms with Gasteiger partial charge in [0.1, 0.15) is 6.54 Å². The molecular formula is C24H28ClN4O3S+. The van der Waals surface area contributed by atoms with Crippen molar-refractivity contribution < 1.29 is 19.2 Å². The van der Waals surface area contributed by atoms with Crippen molar-refractivity contribution in [1.82, 2.24) is 14.8 Å². The number of halogens is 1. The van der Waals surface area contributed by atoms with Gasteiger partial charge in [-0.1, -0.05) is 23.4 Å². The van der Waals surface area contributed by atoms with Crippen molar-refractivity contribution in [2.24, 2.45) is 0 Å². The van der Waals surface area contributed by atoms with Gasteiger partial charge in [-0.3, -0.25) is 9.36 Å². The Morgan fingerprint density at radius 1 is 1.03 bits per heavy atom. The Balaban J connectivity index is 1.55. The lowest BCUT2D eigenvalue weighted by molar-refractivity contribution is -0.919. The summed E-state index contributed by atoms with van der Waals surface area (Å²) in [4.78, 5) is 14.4. The molecule has 7 nitrogen and oxygen atoms in total. The van der Waals surface area contributed by atoms with Crippen LogP contribution in [-0.2, 0) is 6.54 Å². The van der Waals surface area contributed by atoms with Gasteiger partial charge in [-0.2, -0.15) is 0 Å². The molecule has 0 saturated carbocycles. The van der Waals surface area contributed by atoms with E-state index >= 15 is 0 Å². The van der Waals surface area contributed by atoms with Crippen molar-refractivity contribution in [3.05, 3.63) is 58.9 Å². The van der Waals surface area contributed by atoms with E-state index in [1.807, 2.05) is 28.8 Å². The van der Waals surface area contributed by atoms with Gasteiger partial charge in [0.15, 0.2) is 28.3 Å². The van der Waals surface area contributed by atoms with Gasteiger partial charge in [0.2, 0.25) is 0 Å². The number of ketones is 1. The van der Waals surface area contributed by atoms with Crippen LogP contribution in [0.3, 0.4) is 0 Å². The van der Waals surface area contributed by atoms with E-state index in [1.165, 1.54) is 35.9 Å². The van der Waals surface area contributed by atoms with Crippen molar-refractivity contribution in [3.8, 4) is 17.2 Å². The number of thioether (sulfide) groups is 1. The molecule has 0 spiro atoms. The van der Waals surface area contributed by atoms with Crippen LogP contribution in [0.5, 0.6) is 11.5 Å². The number of hydrogen-bond donors (Lipinski definition) is 1. The number of hydrogen-bond acceptors (Lipinski definition) is 6. The molecule has 0 bridgehead atoms. The average Bonchev–Trinajstić information content (AvgIpc) is 3.25. The second-order valence-electron chi connectivity index (χ2n) is 7.98. The van der Waals surface area contributed by atoms with E-state index in [0.717, 1.165) is 31.1 Å². The van der Waals surface area contributed by atoms with Crippen LogP contribution in [0.25, 0.3) is 5.69 Å². The summed E-state index contributed by atoms with van der Waals surface area (Å²) in [5.41, 5.74) is 1.51. The molecule has 174 valence electrons. The molecule has 0 unspecified atom stereocenters. The maximum absolute atomic E-state index is 12.9. The van der Waals surface area contributed by atoms with Gasteiger partial charge >= 0.3 is 0 Å². The Labute approximate surface area is 203 Å². The fourth-order valence-corrected chi connectivity index (χ4v) is 5.02. The summed E-state index contributed by atoms with van der Waals surface area (Å²) >= 11 is 7.49. The molecule has 9 heteroatoms. The van der Waals surface area contributed by atoms with Crippen molar-refractivity contribution in [1.29, 1.82) is 0 Å². The minimum absolute atomic E-state index is 0.0187. The van der Waals surface area contributed by atoms with Crippen molar-refractivity contribution in [3.63, 3.8) is 0 Å². The summed E-state index contributed by atoms with van der Waals surface area (Å²) in [5.74, 6) is 2.24. The van der Waals surface area contributed by atoms with Crippen molar-refractivity contribution in [2.45, 2.75) is 31.0 Å². The van der Waals surface area contributed by atoms with E-state index in [2.05, 4.69) is 10.2 Å². The second-order valence-corrected chi connectivity index (χ2v) is 9.36. The SMILES string of the molecule is COc1ccc(C(=O)CSc2nnc(C[NH+]3CCCCC3)n2-c2ccc(Cl)cc2)cc1OC. The first-order valence-corrected chi connectivity index (χ1v) is 12.4. The molecule has 4 rings (SSSR count). The van der Waals surface area contributed by atoms with E-state index in [1.54, 1.807) is 32.4 Å². The number of carbonyl (C=O) groups is 1. The van der Waals surface area contributed by atoms with Crippen molar-refractivity contribution in [2.75, 3.05) is 33.1 Å². The molecule has 0 amide bonds. The maximum Gasteiger partial charge on any atom is 0.196 e. The first-order chi connectivity index (χ1) is 16.1. The molecular weight excluding hydrogens is 460 g/mol. The Hall–Kier alpha value is -2.55. The molecule has 0 aliphatic carbocycles. The maximum atomic E-state index is 12.9. The number of piperidine rings is 1. The summed E-state index contributed by atoms with van der Waals surface area (Å²) in [7, 11) is 3.13. The van der Waals surface area contributed by atoms with Crippen LogP contribution in [0.1, 0.15) is 35.4 Å². The number of quaternary nitrogens is 1. The smallest absolute Gasteiger partial charge is 0.196 e. The third-order valence-electron chi connectivity index (χ3n) is 5.79. The molecule has 2 aromatic carbocycles. The van der Waals surface area contributed by atoms with E-state index in [9.17, 15) is 4.79 Å². The molecule has 1 fully saturated rings. The number of aromatic nitrogens is 3. The molecule has 1 aliphatic rings. The summed E-state index contributed by atoms with van der Waals surface area (Å²) in [6.07, 6.45) is 3.78. The van der Waals surface area contributed by atoms with Gasteiger partial charge < -0.3 is 14.4 Å². The number of carbonyl (C=O) groups excluding carboxylic acids is 1. The molecule has 1 N–H and O–H groups in total. The lowest BCUT2D eigenvalue weighted by atomic mass is 10.1. The Bertz CT molecular complexity index is 1100. The third-order valence-corrected chi connectivity index (χ3v) is 6.97. The number of nitrogens with one attached hydrogen (secondary N) is 1.